The number of aromatic carboxylic acids is 1. The van der Waals surface area contributed by atoms with Crippen LogP contribution in [0.1, 0.15) is 16.8 Å². The van der Waals surface area contributed by atoms with Crippen LogP contribution in [0.25, 0.3) is 0 Å². The highest BCUT2D eigenvalue weighted by molar-refractivity contribution is 5.85. The van der Waals surface area contributed by atoms with E-state index in [1.807, 2.05) is 0 Å². The van der Waals surface area contributed by atoms with Crippen molar-refractivity contribution in [3.05, 3.63) is 11.9 Å². The van der Waals surface area contributed by atoms with Crippen LogP contribution in [0.15, 0.2) is 6.20 Å². The highest BCUT2D eigenvalue weighted by atomic mass is 19.3. The lowest BCUT2D eigenvalue weighted by Crippen LogP contribution is -2.18. The summed E-state index contributed by atoms with van der Waals surface area (Å²) in [5.74, 6) is -1.56. The number of rotatable bonds is 3. The van der Waals surface area contributed by atoms with Gasteiger partial charge in [-0.15, -0.1) is 5.10 Å². The van der Waals surface area contributed by atoms with E-state index in [0.29, 0.717) is 6.20 Å². The minimum absolute atomic E-state index is 0.0208. The molecule has 1 atom stereocenters. The first kappa shape index (κ1) is 9.49. The van der Waals surface area contributed by atoms with Crippen LogP contribution in [0.3, 0.4) is 0 Å². The largest absolute Gasteiger partial charge is 0.476 e. The Balaban J connectivity index is 3.00. The maximum Gasteiger partial charge on any atom is 0.355 e. The smallest absolute Gasteiger partial charge is 0.355 e. The Morgan fingerprint density at radius 1 is 1.54 bits per heavy atom. The van der Waals surface area contributed by atoms with E-state index in [-0.39, 0.29) is 4.68 Å². The Labute approximate surface area is 69.8 Å². The summed E-state index contributed by atoms with van der Waals surface area (Å²) in [6.07, 6.45) is -5.43. The summed E-state index contributed by atoms with van der Waals surface area (Å²) in [6, 6.07) is 0. The zero-order valence-electron chi connectivity index (χ0n) is 6.06. The number of carboxylic acid groups (broad SMARTS) is 1. The summed E-state index contributed by atoms with van der Waals surface area (Å²) >= 11 is 0. The molecule has 0 saturated carbocycles. The number of halogens is 3. The minimum atomic E-state index is -3.33. The summed E-state index contributed by atoms with van der Waals surface area (Å²) in [5.41, 5.74) is -0.715. The molecule has 1 N–H and O–H groups in total. The van der Waals surface area contributed by atoms with E-state index in [1.165, 1.54) is 0 Å². The van der Waals surface area contributed by atoms with Crippen LogP contribution in [0, 0.1) is 0 Å². The van der Waals surface area contributed by atoms with Gasteiger partial charge in [-0.05, 0) is 0 Å². The topological polar surface area (TPSA) is 68.0 Å². The Morgan fingerprint density at radius 2 is 2.15 bits per heavy atom. The third kappa shape index (κ3) is 1.76. The van der Waals surface area contributed by atoms with Gasteiger partial charge in [0.25, 0.3) is 12.7 Å². The molecule has 5 nitrogen and oxygen atoms in total. The van der Waals surface area contributed by atoms with Gasteiger partial charge in [0, 0.05) is 0 Å². The average molecular weight is 195 g/mol. The molecule has 0 aliphatic heterocycles. The number of hydrogen-bond donors (Lipinski definition) is 1. The zero-order chi connectivity index (χ0) is 10.0. The molecule has 13 heavy (non-hydrogen) atoms. The number of aromatic nitrogens is 3. The lowest BCUT2D eigenvalue weighted by Gasteiger charge is -2.07. The summed E-state index contributed by atoms with van der Waals surface area (Å²) in [5, 5.41) is 14.3. The molecule has 0 aliphatic rings. The van der Waals surface area contributed by atoms with Gasteiger partial charge in [0.1, 0.15) is 0 Å². The number of hydrogen-bond acceptors (Lipinski definition) is 3. The Hall–Kier alpha value is -1.60. The number of carbonyl (C=O) groups is 1. The highest BCUT2D eigenvalue weighted by Crippen LogP contribution is 2.18. The molecule has 0 spiro atoms. The van der Waals surface area contributed by atoms with E-state index in [9.17, 15) is 18.0 Å². The van der Waals surface area contributed by atoms with E-state index in [2.05, 4.69) is 10.3 Å². The lowest BCUT2D eigenvalue weighted by molar-refractivity contribution is -0.00262. The van der Waals surface area contributed by atoms with Gasteiger partial charge >= 0.3 is 5.97 Å². The van der Waals surface area contributed by atoms with Crippen molar-refractivity contribution in [2.45, 2.75) is 12.7 Å². The van der Waals surface area contributed by atoms with Crippen LogP contribution in [0.5, 0.6) is 0 Å². The molecule has 0 aromatic carbocycles. The Bertz CT molecular complexity index is 314. The third-order valence-corrected chi connectivity index (χ3v) is 1.24. The van der Waals surface area contributed by atoms with Gasteiger partial charge in [0.2, 0.25) is 0 Å². The maximum atomic E-state index is 12.6. The van der Waals surface area contributed by atoms with Gasteiger partial charge < -0.3 is 5.11 Å². The molecule has 1 heterocycles. The van der Waals surface area contributed by atoms with Crippen molar-refractivity contribution in [1.29, 1.82) is 0 Å². The van der Waals surface area contributed by atoms with Crippen molar-refractivity contribution in [3.63, 3.8) is 0 Å². The van der Waals surface area contributed by atoms with Crippen molar-refractivity contribution in [2.75, 3.05) is 0 Å². The minimum Gasteiger partial charge on any atom is -0.476 e. The van der Waals surface area contributed by atoms with E-state index < -0.39 is 24.4 Å². The SMILES string of the molecule is O=C(O)c1cnnn1C(F)C(F)F. The maximum absolute atomic E-state index is 12.6. The fourth-order valence-electron chi connectivity index (χ4n) is 0.686. The van der Waals surface area contributed by atoms with Gasteiger partial charge in [-0.25, -0.2) is 18.0 Å². The van der Waals surface area contributed by atoms with E-state index >= 15 is 0 Å². The Kier molecular flexibility index (Phi) is 2.49. The second-order valence-corrected chi connectivity index (χ2v) is 2.08. The number of alkyl halides is 3. The predicted molar refractivity (Wildman–Crippen MR) is 33.1 cm³/mol. The third-order valence-electron chi connectivity index (χ3n) is 1.24. The molecular formula is C5H4F3N3O2. The van der Waals surface area contributed by atoms with Gasteiger partial charge in [0.05, 0.1) is 6.20 Å². The van der Waals surface area contributed by atoms with Crippen molar-refractivity contribution in [2.24, 2.45) is 0 Å². The summed E-state index contributed by atoms with van der Waals surface area (Å²) in [6.45, 7) is 0. The molecule has 0 aliphatic carbocycles. The molecule has 1 rings (SSSR count). The molecule has 0 bridgehead atoms. The fourth-order valence-corrected chi connectivity index (χ4v) is 0.686. The zero-order valence-corrected chi connectivity index (χ0v) is 6.06. The highest BCUT2D eigenvalue weighted by Gasteiger charge is 2.26. The molecule has 1 unspecified atom stereocenters. The van der Waals surface area contributed by atoms with E-state index in [1.54, 1.807) is 0 Å². The monoisotopic (exact) mass is 195 g/mol. The molecule has 72 valence electrons. The summed E-state index contributed by atoms with van der Waals surface area (Å²) in [7, 11) is 0. The standard InChI is InChI=1S/C5H4F3N3O2/c6-3(7)4(8)11-2(5(12)13)1-9-10-11/h1,3-4H,(H,12,13). The molecule has 0 saturated heterocycles. The van der Waals surface area contributed by atoms with Crippen LogP contribution in [-0.4, -0.2) is 32.5 Å². The van der Waals surface area contributed by atoms with Crippen LogP contribution < -0.4 is 0 Å². The molecule has 1 aromatic heterocycles. The second kappa shape index (κ2) is 3.42. The first-order valence-electron chi connectivity index (χ1n) is 3.09. The van der Waals surface area contributed by atoms with E-state index in [4.69, 9.17) is 5.11 Å². The lowest BCUT2D eigenvalue weighted by atomic mass is 10.4. The van der Waals surface area contributed by atoms with E-state index in [0.717, 1.165) is 0 Å². The summed E-state index contributed by atoms with van der Waals surface area (Å²) < 4.78 is 36.1. The number of carboxylic acids is 1. The molecule has 0 amide bonds. The first-order valence-corrected chi connectivity index (χ1v) is 3.09. The van der Waals surface area contributed by atoms with Crippen molar-refractivity contribution < 1.29 is 23.1 Å². The summed E-state index contributed by atoms with van der Waals surface area (Å²) in [4.78, 5) is 10.3. The number of nitrogens with zero attached hydrogens (tertiary/aromatic N) is 3. The predicted octanol–water partition coefficient (Wildman–Crippen LogP) is 0.710. The van der Waals surface area contributed by atoms with Crippen LogP contribution in [0.4, 0.5) is 13.2 Å². The van der Waals surface area contributed by atoms with Crippen molar-refractivity contribution in [1.82, 2.24) is 15.0 Å². The first-order chi connectivity index (χ1) is 6.04. The second-order valence-electron chi connectivity index (χ2n) is 2.08. The van der Waals surface area contributed by atoms with Crippen molar-refractivity contribution in [3.8, 4) is 0 Å². The van der Waals surface area contributed by atoms with Crippen LogP contribution in [0.2, 0.25) is 0 Å². The Morgan fingerprint density at radius 3 is 2.62 bits per heavy atom. The van der Waals surface area contributed by atoms with Crippen LogP contribution >= 0.6 is 0 Å². The fraction of sp³-hybridized carbons (Fsp3) is 0.400. The van der Waals surface area contributed by atoms with Crippen LogP contribution in [-0.2, 0) is 0 Å². The molecule has 0 radical (unpaired) electrons. The normalized spacial score (nSPS) is 13.2. The molecule has 8 heteroatoms. The van der Waals surface area contributed by atoms with Gasteiger partial charge in [0.15, 0.2) is 5.69 Å². The van der Waals surface area contributed by atoms with Gasteiger partial charge in [-0.2, -0.15) is 4.68 Å². The molecule has 0 fully saturated rings. The van der Waals surface area contributed by atoms with Gasteiger partial charge in [-0.3, -0.25) is 0 Å². The average Bonchev–Trinajstić information content (AvgIpc) is 2.50. The van der Waals surface area contributed by atoms with Crippen molar-refractivity contribution >= 4 is 5.97 Å². The molecule has 1 aromatic rings. The molecular weight excluding hydrogens is 191 g/mol. The van der Waals surface area contributed by atoms with Gasteiger partial charge in [-0.1, -0.05) is 5.21 Å². The quantitative estimate of drug-likeness (QED) is 0.771.